The van der Waals surface area contributed by atoms with Crippen molar-refractivity contribution in [2.45, 2.75) is 39.2 Å². The van der Waals surface area contributed by atoms with Crippen LogP contribution in [0.1, 0.15) is 43.4 Å². The molecule has 0 aliphatic carbocycles. The fraction of sp³-hybridized carbons (Fsp3) is 0.696. The molecule has 0 bridgehead atoms. The Morgan fingerprint density at radius 3 is 2.48 bits per heavy atom. The van der Waals surface area contributed by atoms with Gasteiger partial charge in [-0.2, -0.15) is 0 Å². The number of guanidine groups is 1. The van der Waals surface area contributed by atoms with Crippen LogP contribution in [0.15, 0.2) is 29.3 Å². The molecule has 2 aliphatic heterocycles. The van der Waals surface area contributed by atoms with Crippen molar-refractivity contribution in [1.29, 1.82) is 0 Å². The monoisotopic (exact) mass is 401 g/mol. The minimum absolute atomic E-state index is 0.363. The highest BCUT2D eigenvalue weighted by molar-refractivity contribution is 5.79. The van der Waals surface area contributed by atoms with Crippen molar-refractivity contribution in [3.05, 3.63) is 35.4 Å². The molecule has 6 nitrogen and oxygen atoms in total. The zero-order chi connectivity index (χ0) is 20.3. The van der Waals surface area contributed by atoms with Crippen LogP contribution in [0.25, 0.3) is 0 Å². The molecule has 3 rings (SSSR count). The fourth-order valence-corrected chi connectivity index (χ4v) is 4.13. The van der Waals surface area contributed by atoms with Gasteiger partial charge in [0.05, 0.1) is 25.8 Å². The van der Waals surface area contributed by atoms with Gasteiger partial charge >= 0.3 is 0 Å². The van der Waals surface area contributed by atoms with Gasteiger partial charge in [-0.05, 0) is 58.3 Å². The van der Waals surface area contributed by atoms with E-state index in [1.54, 1.807) is 0 Å². The summed E-state index contributed by atoms with van der Waals surface area (Å²) in [5.74, 6) is 0.936. The quantitative estimate of drug-likeness (QED) is 0.378. The van der Waals surface area contributed by atoms with Crippen LogP contribution in [0.3, 0.4) is 0 Å². The van der Waals surface area contributed by atoms with E-state index in [-0.39, 0.29) is 0 Å². The molecule has 0 radical (unpaired) electrons. The molecule has 1 aromatic rings. The molecule has 2 saturated heterocycles. The lowest BCUT2D eigenvalue weighted by molar-refractivity contribution is 0.0376. The summed E-state index contributed by atoms with van der Waals surface area (Å²) in [5, 5.41) is 6.94. The Morgan fingerprint density at radius 2 is 1.79 bits per heavy atom. The largest absolute Gasteiger partial charge is 0.379 e. The molecule has 0 spiro atoms. The molecule has 162 valence electrons. The first-order valence-electron chi connectivity index (χ1n) is 11.4. The van der Waals surface area contributed by atoms with Crippen LogP contribution in [0.4, 0.5) is 0 Å². The smallest absolute Gasteiger partial charge is 0.191 e. The molecule has 0 amide bonds. The summed E-state index contributed by atoms with van der Waals surface area (Å²) in [6, 6.07) is 9.35. The van der Waals surface area contributed by atoms with Gasteiger partial charge in [-0.15, -0.1) is 0 Å². The van der Waals surface area contributed by atoms with Crippen molar-refractivity contribution in [1.82, 2.24) is 20.4 Å². The second-order valence-electron chi connectivity index (χ2n) is 8.12. The Balaban J connectivity index is 1.54. The summed E-state index contributed by atoms with van der Waals surface area (Å²) in [6.07, 6.45) is 3.72. The number of nitrogens with zero attached hydrogens (tertiary/aromatic N) is 3. The maximum atomic E-state index is 5.43. The lowest BCUT2D eigenvalue weighted by Gasteiger charge is -2.27. The molecular weight excluding hydrogens is 362 g/mol. The van der Waals surface area contributed by atoms with Crippen molar-refractivity contribution in [2.24, 2.45) is 4.99 Å². The molecule has 0 saturated carbocycles. The molecular formula is C23H39N5O. The van der Waals surface area contributed by atoms with Gasteiger partial charge in [0, 0.05) is 26.2 Å². The summed E-state index contributed by atoms with van der Waals surface area (Å²) in [4.78, 5) is 10.0. The van der Waals surface area contributed by atoms with Crippen LogP contribution in [0, 0.1) is 6.92 Å². The minimum atomic E-state index is 0.363. The Hall–Kier alpha value is -1.63. The van der Waals surface area contributed by atoms with E-state index in [0.29, 0.717) is 6.04 Å². The number of hydrogen-bond acceptors (Lipinski definition) is 4. The Morgan fingerprint density at radius 1 is 1.07 bits per heavy atom. The lowest BCUT2D eigenvalue weighted by Crippen LogP contribution is -2.41. The van der Waals surface area contributed by atoms with E-state index in [0.717, 1.165) is 64.9 Å². The molecule has 29 heavy (non-hydrogen) atoms. The van der Waals surface area contributed by atoms with Crippen molar-refractivity contribution < 1.29 is 4.74 Å². The molecule has 2 aliphatic rings. The number of ether oxygens (including phenoxy) is 1. The van der Waals surface area contributed by atoms with Crippen LogP contribution in [-0.4, -0.2) is 81.3 Å². The maximum Gasteiger partial charge on any atom is 0.191 e. The normalized spacial score (nSPS) is 20.0. The van der Waals surface area contributed by atoms with Crippen molar-refractivity contribution in [2.75, 3.05) is 65.6 Å². The number of likely N-dealkylation sites (tertiary alicyclic amines) is 1. The average Bonchev–Trinajstić information content (AvgIpc) is 3.28. The van der Waals surface area contributed by atoms with Crippen molar-refractivity contribution in [3.8, 4) is 0 Å². The van der Waals surface area contributed by atoms with Crippen LogP contribution in [-0.2, 0) is 4.74 Å². The van der Waals surface area contributed by atoms with Gasteiger partial charge in [0.25, 0.3) is 0 Å². The summed E-state index contributed by atoms with van der Waals surface area (Å²) in [5.41, 5.74) is 2.69. The van der Waals surface area contributed by atoms with Gasteiger partial charge in [-0.25, -0.2) is 0 Å². The third-order valence-electron chi connectivity index (χ3n) is 5.86. The summed E-state index contributed by atoms with van der Waals surface area (Å²) in [7, 11) is 0. The van der Waals surface area contributed by atoms with Gasteiger partial charge in [0.2, 0.25) is 0 Å². The van der Waals surface area contributed by atoms with E-state index in [1.165, 1.54) is 37.1 Å². The van der Waals surface area contributed by atoms with E-state index in [2.05, 4.69) is 58.5 Å². The molecule has 0 aromatic heterocycles. The number of aryl methyl sites for hydroxylation is 1. The highest BCUT2D eigenvalue weighted by Crippen LogP contribution is 2.25. The maximum absolute atomic E-state index is 5.43. The molecule has 2 fully saturated rings. The van der Waals surface area contributed by atoms with Gasteiger partial charge in [-0.3, -0.25) is 14.8 Å². The zero-order valence-corrected chi connectivity index (χ0v) is 18.3. The van der Waals surface area contributed by atoms with Gasteiger partial charge in [0.1, 0.15) is 0 Å². The van der Waals surface area contributed by atoms with E-state index in [9.17, 15) is 0 Å². The molecule has 6 heteroatoms. The second kappa shape index (κ2) is 12.2. The first-order chi connectivity index (χ1) is 14.3. The van der Waals surface area contributed by atoms with Crippen molar-refractivity contribution >= 4 is 5.96 Å². The van der Waals surface area contributed by atoms with E-state index >= 15 is 0 Å². The highest BCUT2D eigenvalue weighted by atomic mass is 16.5. The first-order valence-corrected chi connectivity index (χ1v) is 11.4. The first kappa shape index (κ1) is 22.1. The summed E-state index contributed by atoms with van der Waals surface area (Å²) >= 11 is 0. The SMILES string of the molecule is CCNC(=NCC(c1ccc(C)cc1)N1CCCC1)NCCCN1CCOCC1. The van der Waals surface area contributed by atoms with Gasteiger partial charge in [-0.1, -0.05) is 29.8 Å². The van der Waals surface area contributed by atoms with Crippen molar-refractivity contribution in [3.63, 3.8) is 0 Å². The van der Waals surface area contributed by atoms with Crippen LogP contribution >= 0.6 is 0 Å². The molecule has 1 unspecified atom stereocenters. The topological polar surface area (TPSA) is 52.1 Å². The number of nitrogens with one attached hydrogen (secondary N) is 2. The number of rotatable bonds is 9. The third-order valence-corrected chi connectivity index (χ3v) is 5.86. The highest BCUT2D eigenvalue weighted by Gasteiger charge is 2.23. The third kappa shape index (κ3) is 7.28. The van der Waals surface area contributed by atoms with Crippen LogP contribution in [0.5, 0.6) is 0 Å². The van der Waals surface area contributed by atoms with E-state index in [1.807, 2.05) is 0 Å². The second-order valence-corrected chi connectivity index (χ2v) is 8.12. The number of hydrogen-bond donors (Lipinski definition) is 2. The predicted molar refractivity (Wildman–Crippen MR) is 121 cm³/mol. The average molecular weight is 402 g/mol. The molecule has 2 heterocycles. The Bertz CT molecular complexity index is 606. The predicted octanol–water partition coefficient (Wildman–Crippen LogP) is 2.41. The number of aliphatic imine (C=N–C) groups is 1. The molecule has 1 aromatic carbocycles. The standard InChI is InChI=1S/C23H39N5O/c1-3-24-23(25-11-6-12-27-15-17-29-18-16-27)26-19-22(28-13-4-5-14-28)21-9-7-20(2)8-10-21/h7-10,22H,3-6,11-19H2,1-2H3,(H2,24,25,26). The van der Waals surface area contributed by atoms with Gasteiger partial charge in [0.15, 0.2) is 5.96 Å². The molecule has 1 atom stereocenters. The van der Waals surface area contributed by atoms with Crippen LogP contribution in [0.2, 0.25) is 0 Å². The van der Waals surface area contributed by atoms with E-state index < -0.39 is 0 Å². The zero-order valence-electron chi connectivity index (χ0n) is 18.3. The molecule has 2 N–H and O–H groups in total. The van der Waals surface area contributed by atoms with Crippen LogP contribution < -0.4 is 10.6 Å². The number of morpholine rings is 1. The number of benzene rings is 1. The van der Waals surface area contributed by atoms with E-state index in [4.69, 9.17) is 9.73 Å². The Labute approximate surface area is 176 Å². The fourth-order valence-electron chi connectivity index (χ4n) is 4.13. The lowest BCUT2D eigenvalue weighted by atomic mass is 10.0. The summed E-state index contributed by atoms with van der Waals surface area (Å²) < 4.78 is 5.43. The minimum Gasteiger partial charge on any atom is -0.379 e. The van der Waals surface area contributed by atoms with Gasteiger partial charge < -0.3 is 15.4 Å². The summed E-state index contributed by atoms with van der Waals surface area (Å²) in [6.45, 7) is 14.2. The Kier molecular flexibility index (Phi) is 9.25.